The molecule has 0 unspecified atom stereocenters. The molecule has 27 heavy (non-hydrogen) atoms. The smallest absolute Gasteiger partial charge is 0.272 e. The molecule has 1 saturated heterocycles. The maximum Gasteiger partial charge on any atom is 0.272 e. The summed E-state index contributed by atoms with van der Waals surface area (Å²) in [6.07, 6.45) is 3.31. The van der Waals surface area contributed by atoms with E-state index >= 15 is 0 Å². The first-order valence-corrected chi connectivity index (χ1v) is 9.31. The molecule has 3 rings (SSSR count). The van der Waals surface area contributed by atoms with Crippen molar-refractivity contribution >= 4 is 11.7 Å². The number of amides is 1. The Labute approximate surface area is 159 Å². The van der Waals surface area contributed by atoms with Crippen molar-refractivity contribution in [2.24, 2.45) is 0 Å². The highest BCUT2D eigenvalue weighted by Gasteiger charge is 2.20. The van der Waals surface area contributed by atoms with Gasteiger partial charge in [0.25, 0.3) is 5.91 Å². The van der Waals surface area contributed by atoms with Gasteiger partial charge in [0.05, 0.1) is 13.7 Å². The van der Waals surface area contributed by atoms with Crippen molar-refractivity contribution in [1.29, 1.82) is 0 Å². The molecule has 1 aliphatic heterocycles. The third-order valence-corrected chi connectivity index (χ3v) is 4.44. The number of nitrogens with zero attached hydrogens (tertiary/aromatic N) is 3. The maximum absolute atomic E-state index is 12.6. The zero-order chi connectivity index (χ0) is 19.1. The monoisotopic (exact) mass is 370 g/mol. The quantitative estimate of drug-likeness (QED) is 0.755. The van der Waals surface area contributed by atoms with Gasteiger partial charge in [0.15, 0.2) is 0 Å². The second-order valence-corrected chi connectivity index (χ2v) is 6.49. The molecular weight excluding hydrogens is 344 g/mol. The molecule has 0 spiro atoms. The zero-order valence-corrected chi connectivity index (χ0v) is 15.9. The van der Waals surface area contributed by atoms with Gasteiger partial charge in [-0.05, 0) is 50.5 Å². The second kappa shape index (κ2) is 9.21. The zero-order valence-electron chi connectivity index (χ0n) is 15.9. The highest BCUT2D eigenvalue weighted by Crippen LogP contribution is 2.17. The summed E-state index contributed by atoms with van der Waals surface area (Å²) in [6.45, 7) is 4.46. The number of rotatable bonds is 7. The minimum absolute atomic E-state index is 0.0160. The van der Waals surface area contributed by atoms with Crippen LogP contribution >= 0.6 is 0 Å². The first-order valence-electron chi connectivity index (χ1n) is 9.31. The largest absolute Gasteiger partial charge is 0.497 e. The number of carbonyl (C=O) groups is 1. The summed E-state index contributed by atoms with van der Waals surface area (Å²) in [5, 5.41) is 3.20. The Bertz CT molecular complexity index is 758. The predicted octanol–water partition coefficient (Wildman–Crippen LogP) is 2.91. The van der Waals surface area contributed by atoms with Gasteiger partial charge in [0, 0.05) is 19.2 Å². The van der Waals surface area contributed by atoms with Crippen molar-refractivity contribution in [2.45, 2.75) is 26.2 Å². The van der Waals surface area contributed by atoms with Crippen LogP contribution in [0.2, 0.25) is 0 Å². The standard InChI is InChI=1S/C20H26N4O3/c1-15-22-18(20(25)24-11-4-3-5-12-24)14-19(23-15)21-10-13-27-17-8-6-16(26-2)7-9-17/h6-9,14H,3-5,10-13H2,1-2H3,(H,21,22,23). The van der Waals surface area contributed by atoms with Gasteiger partial charge in [-0.3, -0.25) is 4.79 Å². The number of anilines is 1. The molecule has 2 aromatic rings. The van der Waals surface area contributed by atoms with Crippen molar-refractivity contribution in [1.82, 2.24) is 14.9 Å². The van der Waals surface area contributed by atoms with Gasteiger partial charge in [0.2, 0.25) is 0 Å². The minimum atomic E-state index is -0.0160. The summed E-state index contributed by atoms with van der Waals surface area (Å²) in [7, 11) is 1.63. The average Bonchev–Trinajstić information content (AvgIpc) is 2.71. The van der Waals surface area contributed by atoms with Crippen molar-refractivity contribution < 1.29 is 14.3 Å². The molecule has 7 heteroatoms. The van der Waals surface area contributed by atoms with Crippen LogP contribution in [-0.2, 0) is 0 Å². The van der Waals surface area contributed by atoms with Gasteiger partial charge in [-0.25, -0.2) is 9.97 Å². The fraction of sp³-hybridized carbons (Fsp3) is 0.450. The van der Waals surface area contributed by atoms with E-state index in [1.54, 1.807) is 20.1 Å². The lowest BCUT2D eigenvalue weighted by molar-refractivity contribution is 0.0718. The molecular formula is C20H26N4O3. The summed E-state index contributed by atoms with van der Waals surface area (Å²) in [6, 6.07) is 9.16. The van der Waals surface area contributed by atoms with E-state index in [2.05, 4.69) is 15.3 Å². The normalized spacial score (nSPS) is 13.9. The summed E-state index contributed by atoms with van der Waals surface area (Å²) < 4.78 is 10.8. The van der Waals surface area contributed by atoms with E-state index in [1.807, 2.05) is 29.2 Å². The van der Waals surface area contributed by atoms with E-state index in [9.17, 15) is 4.79 Å². The van der Waals surface area contributed by atoms with E-state index in [0.717, 1.165) is 37.4 Å². The Hall–Kier alpha value is -2.83. The Balaban J connectivity index is 1.53. The Morgan fingerprint density at radius 1 is 1.11 bits per heavy atom. The van der Waals surface area contributed by atoms with E-state index in [-0.39, 0.29) is 5.91 Å². The number of ether oxygens (including phenoxy) is 2. The predicted molar refractivity (Wildman–Crippen MR) is 104 cm³/mol. The second-order valence-electron chi connectivity index (χ2n) is 6.49. The van der Waals surface area contributed by atoms with Crippen LogP contribution < -0.4 is 14.8 Å². The topological polar surface area (TPSA) is 76.6 Å². The molecule has 1 N–H and O–H groups in total. The molecule has 0 saturated carbocycles. The number of benzene rings is 1. The lowest BCUT2D eigenvalue weighted by Gasteiger charge is -2.26. The van der Waals surface area contributed by atoms with Crippen LogP contribution in [0, 0.1) is 6.92 Å². The number of hydrogen-bond donors (Lipinski definition) is 1. The van der Waals surface area contributed by atoms with Crippen LogP contribution in [0.1, 0.15) is 35.6 Å². The minimum Gasteiger partial charge on any atom is -0.497 e. The molecule has 144 valence electrons. The number of nitrogens with one attached hydrogen (secondary N) is 1. The van der Waals surface area contributed by atoms with E-state index < -0.39 is 0 Å². The number of carbonyl (C=O) groups excluding carboxylic acids is 1. The number of likely N-dealkylation sites (tertiary alicyclic amines) is 1. The van der Waals surface area contributed by atoms with Gasteiger partial charge in [-0.1, -0.05) is 0 Å². The molecule has 1 aromatic carbocycles. The number of methoxy groups -OCH3 is 1. The van der Waals surface area contributed by atoms with Gasteiger partial charge >= 0.3 is 0 Å². The number of hydrogen-bond acceptors (Lipinski definition) is 6. The van der Waals surface area contributed by atoms with Crippen molar-refractivity contribution in [2.75, 3.05) is 38.7 Å². The molecule has 2 heterocycles. The molecule has 1 amide bonds. The summed E-state index contributed by atoms with van der Waals surface area (Å²) in [4.78, 5) is 23.2. The summed E-state index contributed by atoms with van der Waals surface area (Å²) in [5.74, 6) is 2.77. The number of aromatic nitrogens is 2. The molecule has 7 nitrogen and oxygen atoms in total. The first kappa shape index (κ1) is 18.9. The molecule has 1 aromatic heterocycles. The molecule has 0 bridgehead atoms. The van der Waals surface area contributed by atoms with Crippen LogP contribution in [0.3, 0.4) is 0 Å². The Morgan fingerprint density at radius 2 is 1.81 bits per heavy atom. The lowest BCUT2D eigenvalue weighted by Crippen LogP contribution is -2.36. The molecule has 0 radical (unpaired) electrons. The van der Waals surface area contributed by atoms with Crippen LogP contribution in [0.15, 0.2) is 30.3 Å². The number of piperidine rings is 1. The van der Waals surface area contributed by atoms with Crippen LogP contribution in [0.25, 0.3) is 0 Å². The third kappa shape index (κ3) is 5.32. The van der Waals surface area contributed by atoms with Crippen LogP contribution in [0.5, 0.6) is 11.5 Å². The molecule has 0 aliphatic carbocycles. The van der Waals surface area contributed by atoms with Crippen molar-refractivity contribution in [3.05, 3.63) is 41.9 Å². The summed E-state index contributed by atoms with van der Waals surface area (Å²) in [5.41, 5.74) is 0.447. The first-order chi connectivity index (χ1) is 13.2. The van der Waals surface area contributed by atoms with Crippen molar-refractivity contribution in [3.63, 3.8) is 0 Å². The van der Waals surface area contributed by atoms with Gasteiger partial charge in [-0.15, -0.1) is 0 Å². The fourth-order valence-electron chi connectivity index (χ4n) is 3.05. The Morgan fingerprint density at radius 3 is 2.52 bits per heavy atom. The van der Waals surface area contributed by atoms with Crippen molar-refractivity contribution in [3.8, 4) is 11.5 Å². The summed E-state index contributed by atoms with van der Waals surface area (Å²) >= 11 is 0. The average molecular weight is 370 g/mol. The highest BCUT2D eigenvalue weighted by molar-refractivity contribution is 5.93. The molecule has 1 aliphatic rings. The van der Waals surface area contributed by atoms with E-state index in [1.165, 1.54) is 6.42 Å². The van der Waals surface area contributed by atoms with Crippen LogP contribution in [0.4, 0.5) is 5.82 Å². The SMILES string of the molecule is COc1ccc(OCCNc2cc(C(=O)N3CCCCC3)nc(C)n2)cc1. The third-order valence-electron chi connectivity index (χ3n) is 4.44. The maximum atomic E-state index is 12.6. The van der Waals surface area contributed by atoms with E-state index in [0.29, 0.717) is 30.5 Å². The van der Waals surface area contributed by atoms with E-state index in [4.69, 9.17) is 9.47 Å². The molecule has 1 fully saturated rings. The van der Waals surface area contributed by atoms with Gasteiger partial charge in [0.1, 0.15) is 35.4 Å². The number of aryl methyl sites for hydroxylation is 1. The molecule has 0 atom stereocenters. The fourth-order valence-corrected chi connectivity index (χ4v) is 3.05. The lowest BCUT2D eigenvalue weighted by atomic mass is 10.1. The highest BCUT2D eigenvalue weighted by atomic mass is 16.5. The van der Waals surface area contributed by atoms with Gasteiger partial charge in [-0.2, -0.15) is 0 Å². The van der Waals surface area contributed by atoms with Gasteiger partial charge < -0.3 is 19.7 Å². The van der Waals surface area contributed by atoms with Crippen LogP contribution in [-0.4, -0.2) is 54.1 Å². The Kier molecular flexibility index (Phi) is 6.46.